The van der Waals surface area contributed by atoms with Gasteiger partial charge in [0.2, 0.25) is 5.91 Å². The summed E-state index contributed by atoms with van der Waals surface area (Å²) in [5.41, 5.74) is 3.60. The second-order valence-corrected chi connectivity index (χ2v) is 8.89. The number of ether oxygens (including phenoxy) is 1. The van der Waals surface area contributed by atoms with Crippen LogP contribution in [0.3, 0.4) is 0 Å². The van der Waals surface area contributed by atoms with Crippen LogP contribution in [0.5, 0.6) is 0 Å². The van der Waals surface area contributed by atoms with Crippen LogP contribution in [0.2, 0.25) is 0 Å². The monoisotopic (exact) mass is 474 g/mol. The molecule has 6 nitrogen and oxygen atoms in total. The predicted molar refractivity (Wildman–Crippen MR) is 133 cm³/mol. The molecule has 4 rings (SSSR count). The van der Waals surface area contributed by atoms with E-state index in [0.29, 0.717) is 30.0 Å². The fraction of sp³-hybridized carbons (Fsp3) is 0.222. The number of thioether (sulfide) groups is 1. The van der Waals surface area contributed by atoms with Gasteiger partial charge in [0.05, 0.1) is 11.3 Å². The minimum atomic E-state index is -0.583. The average Bonchev–Trinajstić information content (AvgIpc) is 3.31. The van der Waals surface area contributed by atoms with Crippen molar-refractivity contribution in [2.75, 3.05) is 30.3 Å². The van der Waals surface area contributed by atoms with E-state index in [9.17, 15) is 14.4 Å². The molecule has 3 aromatic carbocycles. The van der Waals surface area contributed by atoms with Gasteiger partial charge in [-0.25, -0.2) is 4.79 Å². The summed E-state index contributed by atoms with van der Waals surface area (Å²) < 4.78 is 5.23. The van der Waals surface area contributed by atoms with Gasteiger partial charge in [-0.3, -0.25) is 9.59 Å². The van der Waals surface area contributed by atoms with Crippen LogP contribution in [0.25, 0.3) is 0 Å². The van der Waals surface area contributed by atoms with Crippen molar-refractivity contribution in [1.82, 2.24) is 5.32 Å². The molecule has 1 heterocycles. The summed E-state index contributed by atoms with van der Waals surface area (Å²) in [7, 11) is 0. The summed E-state index contributed by atoms with van der Waals surface area (Å²) in [6, 6.07) is 24.7. The largest absolute Gasteiger partial charge is 0.452 e. The third-order valence-corrected chi connectivity index (χ3v) is 6.62. The summed E-state index contributed by atoms with van der Waals surface area (Å²) in [5, 5.41) is 2.76. The first-order valence-corrected chi connectivity index (χ1v) is 12.2. The number of hydrogen-bond acceptors (Lipinski definition) is 5. The number of fused-ring (bicyclic) bond motifs is 1. The van der Waals surface area contributed by atoms with E-state index >= 15 is 0 Å². The van der Waals surface area contributed by atoms with Crippen LogP contribution >= 0.6 is 11.8 Å². The molecule has 34 heavy (non-hydrogen) atoms. The van der Waals surface area contributed by atoms with Gasteiger partial charge < -0.3 is 15.0 Å². The number of rotatable bonds is 9. The highest BCUT2D eigenvalue weighted by Crippen LogP contribution is 2.29. The van der Waals surface area contributed by atoms with Gasteiger partial charge >= 0.3 is 5.97 Å². The molecule has 0 saturated carbocycles. The Bertz CT molecular complexity index is 1170. The Labute approximate surface area is 203 Å². The van der Waals surface area contributed by atoms with Crippen molar-refractivity contribution in [3.8, 4) is 0 Å². The predicted octanol–water partition coefficient (Wildman–Crippen LogP) is 3.88. The summed E-state index contributed by atoms with van der Waals surface area (Å²) in [5.74, 6) is -0.730. The number of amides is 2. The highest BCUT2D eigenvalue weighted by Gasteiger charge is 2.24. The SMILES string of the molecule is O=C(COC(=O)c1ccccc1SCC(=O)N1CCc2ccccc21)NCCc1ccccc1. The molecule has 0 atom stereocenters. The quantitative estimate of drug-likeness (QED) is 0.376. The lowest BCUT2D eigenvalue weighted by Crippen LogP contribution is -2.31. The van der Waals surface area contributed by atoms with E-state index in [2.05, 4.69) is 5.32 Å². The molecule has 0 radical (unpaired) electrons. The summed E-state index contributed by atoms with van der Waals surface area (Å²) in [6.07, 6.45) is 1.55. The van der Waals surface area contributed by atoms with Gasteiger partial charge in [0, 0.05) is 23.7 Å². The Balaban J connectivity index is 1.26. The molecule has 174 valence electrons. The highest BCUT2D eigenvalue weighted by atomic mass is 32.2. The number of carbonyl (C=O) groups is 3. The third-order valence-electron chi connectivity index (χ3n) is 5.56. The fourth-order valence-electron chi connectivity index (χ4n) is 3.83. The van der Waals surface area contributed by atoms with Crippen LogP contribution in [-0.2, 0) is 27.2 Å². The van der Waals surface area contributed by atoms with Crippen LogP contribution in [-0.4, -0.2) is 43.2 Å². The lowest BCUT2D eigenvalue weighted by atomic mass is 10.1. The molecule has 3 aromatic rings. The summed E-state index contributed by atoms with van der Waals surface area (Å²) >= 11 is 1.30. The highest BCUT2D eigenvalue weighted by molar-refractivity contribution is 8.00. The molecule has 0 spiro atoms. The van der Waals surface area contributed by atoms with E-state index < -0.39 is 5.97 Å². The van der Waals surface area contributed by atoms with Gasteiger partial charge in [-0.2, -0.15) is 0 Å². The number of anilines is 1. The molecule has 0 aliphatic carbocycles. The van der Waals surface area contributed by atoms with E-state index in [0.717, 1.165) is 17.7 Å². The lowest BCUT2D eigenvalue weighted by Gasteiger charge is -2.17. The van der Waals surface area contributed by atoms with Crippen molar-refractivity contribution in [2.24, 2.45) is 0 Å². The van der Waals surface area contributed by atoms with Crippen molar-refractivity contribution in [2.45, 2.75) is 17.7 Å². The molecule has 7 heteroatoms. The Morgan fingerprint density at radius 3 is 2.50 bits per heavy atom. The molecule has 0 saturated heterocycles. The minimum Gasteiger partial charge on any atom is -0.452 e. The lowest BCUT2D eigenvalue weighted by molar-refractivity contribution is -0.124. The first-order chi connectivity index (χ1) is 16.6. The maximum atomic E-state index is 12.8. The number of carbonyl (C=O) groups excluding carboxylic acids is 3. The molecule has 1 N–H and O–H groups in total. The Kier molecular flexibility index (Phi) is 7.99. The Morgan fingerprint density at radius 2 is 1.65 bits per heavy atom. The maximum Gasteiger partial charge on any atom is 0.339 e. The van der Waals surface area contributed by atoms with Gasteiger partial charge in [-0.15, -0.1) is 11.8 Å². The summed E-state index contributed by atoms with van der Waals surface area (Å²) in [4.78, 5) is 40.0. The minimum absolute atomic E-state index is 0.00378. The van der Waals surface area contributed by atoms with E-state index in [1.54, 1.807) is 23.1 Å². The first-order valence-electron chi connectivity index (χ1n) is 11.2. The topological polar surface area (TPSA) is 75.7 Å². The van der Waals surface area contributed by atoms with Crippen molar-refractivity contribution in [3.63, 3.8) is 0 Å². The van der Waals surface area contributed by atoms with E-state index in [4.69, 9.17) is 4.74 Å². The second-order valence-electron chi connectivity index (χ2n) is 7.87. The molecule has 0 aromatic heterocycles. The smallest absolute Gasteiger partial charge is 0.339 e. The number of esters is 1. The number of nitrogens with zero attached hydrogens (tertiary/aromatic N) is 1. The number of nitrogens with one attached hydrogen (secondary N) is 1. The molecule has 0 bridgehead atoms. The van der Waals surface area contributed by atoms with Crippen LogP contribution in [0.1, 0.15) is 21.5 Å². The van der Waals surface area contributed by atoms with Crippen LogP contribution < -0.4 is 10.2 Å². The number of hydrogen-bond donors (Lipinski definition) is 1. The zero-order valence-electron chi connectivity index (χ0n) is 18.7. The van der Waals surface area contributed by atoms with Crippen molar-refractivity contribution >= 4 is 35.2 Å². The average molecular weight is 475 g/mol. The maximum absolute atomic E-state index is 12.8. The standard InChI is InChI=1S/C27H26N2O4S/c30-25(28-16-14-20-8-2-1-3-9-20)18-33-27(32)22-11-5-7-13-24(22)34-19-26(31)29-17-15-21-10-4-6-12-23(21)29/h1-13H,14-19H2,(H,28,30). The van der Waals surface area contributed by atoms with Crippen molar-refractivity contribution < 1.29 is 19.1 Å². The Hall–Kier alpha value is -3.58. The second kappa shape index (κ2) is 11.5. The molecular weight excluding hydrogens is 448 g/mol. The zero-order chi connectivity index (χ0) is 23.8. The van der Waals surface area contributed by atoms with Gasteiger partial charge in [-0.05, 0) is 42.2 Å². The van der Waals surface area contributed by atoms with Crippen molar-refractivity contribution in [1.29, 1.82) is 0 Å². The van der Waals surface area contributed by atoms with Gasteiger partial charge in [0.1, 0.15) is 0 Å². The van der Waals surface area contributed by atoms with Crippen LogP contribution in [0, 0.1) is 0 Å². The van der Waals surface area contributed by atoms with Gasteiger partial charge in [0.15, 0.2) is 6.61 Å². The molecule has 2 amide bonds. The van der Waals surface area contributed by atoms with Crippen LogP contribution in [0.4, 0.5) is 5.69 Å². The molecule has 1 aliphatic rings. The molecular formula is C27H26N2O4S. The van der Waals surface area contributed by atoms with E-state index in [1.807, 2.05) is 60.7 Å². The molecule has 0 unspecified atom stereocenters. The van der Waals surface area contributed by atoms with Gasteiger partial charge in [0.25, 0.3) is 5.91 Å². The third kappa shape index (κ3) is 6.05. The molecule has 1 aliphatic heterocycles. The van der Waals surface area contributed by atoms with E-state index in [-0.39, 0.29) is 24.2 Å². The summed E-state index contributed by atoms with van der Waals surface area (Å²) in [6.45, 7) is 0.784. The van der Waals surface area contributed by atoms with E-state index in [1.165, 1.54) is 17.3 Å². The number of benzene rings is 3. The zero-order valence-corrected chi connectivity index (χ0v) is 19.6. The normalized spacial score (nSPS) is 12.2. The van der Waals surface area contributed by atoms with Crippen molar-refractivity contribution in [3.05, 3.63) is 95.6 Å². The fourth-order valence-corrected chi connectivity index (χ4v) is 4.74. The van der Waals surface area contributed by atoms with Gasteiger partial charge in [-0.1, -0.05) is 60.7 Å². The first kappa shape index (κ1) is 23.6. The number of para-hydroxylation sites is 1. The van der Waals surface area contributed by atoms with Crippen LogP contribution in [0.15, 0.2) is 83.8 Å². The molecule has 0 fully saturated rings. The Morgan fingerprint density at radius 1 is 0.912 bits per heavy atom.